The summed E-state index contributed by atoms with van der Waals surface area (Å²) in [7, 11) is 1.36. The van der Waals surface area contributed by atoms with E-state index in [-0.39, 0.29) is 5.97 Å². The molecule has 2 aromatic rings. The van der Waals surface area contributed by atoms with Gasteiger partial charge in [0.15, 0.2) is 0 Å². The van der Waals surface area contributed by atoms with E-state index >= 15 is 0 Å². The summed E-state index contributed by atoms with van der Waals surface area (Å²) >= 11 is 7.62. The van der Waals surface area contributed by atoms with E-state index in [0.717, 1.165) is 15.6 Å². The summed E-state index contributed by atoms with van der Waals surface area (Å²) in [6.07, 6.45) is 0. The van der Waals surface area contributed by atoms with Crippen molar-refractivity contribution >= 4 is 34.6 Å². The number of ether oxygens (including phenoxy) is 1. The highest BCUT2D eigenvalue weighted by molar-refractivity contribution is 7.11. The van der Waals surface area contributed by atoms with Crippen LogP contribution in [0.3, 0.4) is 0 Å². The summed E-state index contributed by atoms with van der Waals surface area (Å²) in [4.78, 5) is 17.2. The van der Waals surface area contributed by atoms with E-state index in [4.69, 9.17) is 16.3 Å². The van der Waals surface area contributed by atoms with Crippen LogP contribution in [0, 0.1) is 13.8 Å². The number of nitrogens with zero attached hydrogens (tertiary/aromatic N) is 1. The van der Waals surface area contributed by atoms with Crippen LogP contribution in [0.2, 0.25) is 5.02 Å². The number of carbonyl (C=O) groups is 1. The molecule has 0 saturated heterocycles. The Bertz CT molecular complexity index is 640. The van der Waals surface area contributed by atoms with Gasteiger partial charge in [0, 0.05) is 9.90 Å². The largest absolute Gasteiger partial charge is 0.465 e. The van der Waals surface area contributed by atoms with Gasteiger partial charge in [0.25, 0.3) is 0 Å². The van der Waals surface area contributed by atoms with Crippen molar-refractivity contribution in [1.82, 2.24) is 4.98 Å². The van der Waals surface area contributed by atoms with Gasteiger partial charge in [-0.3, -0.25) is 0 Å². The van der Waals surface area contributed by atoms with Crippen molar-refractivity contribution in [3.05, 3.63) is 44.4 Å². The third-order valence-corrected chi connectivity index (χ3v) is 4.13. The first kappa shape index (κ1) is 14.8. The molecule has 20 heavy (non-hydrogen) atoms. The van der Waals surface area contributed by atoms with Crippen molar-refractivity contribution in [2.75, 3.05) is 12.4 Å². The minimum atomic E-state index is -0.388. The molecule has 1 heterocycles. The van der Waals surface area contributed by atoms with Crippen LogP contribution in [0.5, 0.6) is 0 Å². The minimum absolute atomic E-state index is 0.388. The van der Waals surface area contributed by atoms with Crippen LogP contribution < -0.4 is 5.32 Å². The van der Waals surface area contributed by atoms with Gasteiger partial charge >= 0.3 is 5.97 Å². The predicted molar refractivity (Wildman–Crippen MR) is 81.7 cm³/mol. The zero-order chi connectivity index (χ0) is 14.7. The number of benzene rings is 1. The highest BCUT2D eigenvalue weighted by Gasteiger charge is 2.13. The van der Waals surface area contributed by atoms with E-state index in [1.165, 1.54) is 7.11 Å². The van der Waals surface area contributed by atoms with Gasteiger partial charge in [-0.2, -0.15) is 0 Å². The molecule has 0 aliphatic rings. The monoisotopic (exact) mass is 310 g/mol. The van der Waals surface area contributed by atoms with Crippen LogP contribution in [-0.4, -0.2) is 18.1 Å². The summed E-state index contributed by atoms with van der Waals surface area (Å²) in [6.45, 7) is 4.54. The van der Waals surface area contributed by atoms with Gasteiger partial charge in [-0.1, -0.05) is 11.6 Å². The maximum absolute atomic E-state index is 11.7. The maximum atomic E-state index is 11.7. The van der Waals surface area contributed by atoms with Crippen LogP contribution >= 0.6 is 22.9 Å². The molecule has 0 aliphatic heterocycles. The average Bonchev–Trinajstić information content (AvgIpc) is 2.74. The summed E-state index contributed by atoms with van der Waals surface area (Å²) < 4.78 is 4.76. The lowest BCUT2D eigenvalue weighted by molar-refractivity contribution is 0.0602. The Kier molecular flexibility index (Phi) is 4.62. The zero-order valence-electron chi connectivity index (χ0n) is 11.5. The van der Waals surface area contributed by atoms with E-state index in [0.29, 0.717) is 22.8 Å². The molecule has 1 N–H and O–H groups in total. The molecule has 1 aromatic carbocycles. The van der Waals surface area contributed by atoms with Crippen molar-refractivity contribution in [3.8, 4) is 0 Å². The predicted octanol–water partition coefficient (Wildman–Crippen LogP) is 3.81. The smallest absolute Gasteiger partial charge is 0.339 e. The molecule has 2 rings (SSSR count). The molecule has 0 bridgehead atoms. The first-order chi connectivity index (χ1) is 9.51. The van der Waals surface area contributed by atoms with E-state index in [1.807, 2.05) is 13.8 Å². The van der Waals surface area contributed by atoms with E-state index in [9.17, 15) is 4.79 Å². The highest BCUT2D eigenvalue weighted by Crippen LogP contribution is 2.24. The quantitative estimate of drug-likeness (QED) is 0.872. The van der Waals surface area contributed by atoms with Gasteiger partial charge in [0.05, 0.1) is 35.6 Å². The first-order valence-electron chi connectivity index (χ1n) is 6.06. The summed E-state index contributed by atoms with van der Waals surface area (Å²) in [5, 5.41) is 4.82. The fourth-order valence-electron chi connectivity index (χ4n) is 1.86. The van der Waals surface area contributed by atoms with E-state index < -0.39 is 0 Å². The van der Waals surface area contributed by atoms with Gasteiger partial charge in [0.1, 0.15) is 0 Å². The normalized spacial score (nSPS) is 10.4. The highest BCUT2D eigenvalue weighted by atomic mass is 35.5. The standard InChI is InChI=1S/C14H15ClN2O2S/c1-8-13(20-9(2)17-8)7-16-12-6-10(15)4-5-11(12)14(18)19-3/h4-6,16H,7H2,1-3H3. The molecule has 106 valence electrons. The Morgan fingerprint density at radius 3 is 2.80 bits per heavy atom. The molecular weight excluding hydrogens is 296 g/mol. The molecule has 0 spiro atoms. The molecule has 0 aliphatic carbocycles. The van der Waals surface area contributed by atoms with Crippen LogP contribution in [0.4, 0.5) is 5.69 Å². The van der Waals surface area contributed by atoms with Crippen LogP contribution in [0.25, 0.3) is 0 Å². The second-order valence-electron chi connectivity index (χ2n) is 4.28. The lowest BCUT2D eigenvalue weighted by atomic mass is 10.1. The summed E-state index contributed by atoms with van der Waals surface area (Å²) in [6, 6.07) is 5.04. The van der Waals surface area contributed by atoms with Crippen LogP contribution in [0.1, 0.15) is 25.9 Å². The van der Waals surface area contributed by atoms with Crippen molar-refractivity contribution in [2.24, 2.45) is 0 Å². The number of aryl methyl sites for hydroxylation is 2. The molecule has 0 unspecified atom stereocenters. The number of carbonyl (C=O) groups excluding carboxylic acids is 1. The Labute approximate surface area is 126 Å². The van der Waals surface area contributed by atoms with E-state index in [2.05, 4.69) is 10.3 Å². The number of methoxy groups -OCH3 is 1. The fraction of sp³-hybridized carbons (Fsp3) is 0.286. The SMILES string of the molecule is COC(=O)c1ccc(Cl)cc1NCc1sc(C)nc1C. The second kappa shape index (κ2) is 6.24. The fourth-order valence-corrected chi connectivity index (χ4v) is 2.91. The lowest BCUT2D eigenvalue weighted by Crippen LogP contribution is -2.08. The lowest BCUT2D eigenvalue weighted by Gasteiger charge is -2.10. The number of rotatable bonds is 4. The molecule has 0 atom stereocenters. The number of thiazole rings is 1. The maximum Gasteiger partial charge on any atom is 0.339 e. The topological polar surface area (TPSA) is 51.2 Å². The van der Waals surface area contributed by atoms with Gasteiger partial charge in [-0.15, -0.1) is 11.3 Å². The Hall–Kier alpha value is -1.59. The third kappa shape index (κ3) is 3.29. The summed E-state index contributed by atoms with van der Waals surface area (Å²) in [5.41, 5.74) is 2.13. The average molecular weight is 311 g/mol. The number of hydrogen-bond acceptors (Lipinski definition) is 5. The van der Waals surface area contributed by atoms with E-state index in [1.54, 1.807) is 29.5 Å². The molecule has 4 nitrogen and oxygen atoms in total. The molecule has 6 heteroatoms. The Morgan fingerprint density at radius 1 is 1.45 bits per heavy atom. The molecule has 0 radical (unpaired) electrons. The molecule has 0 saturated carbocycles. The zero-order valence-corrected chi connectivity index (χ0v) is 13.1. The number of esters is 1. The van der Waals surface area contributed by atoms with Gasteiger partial charge in [-0.05, 0) is 32.0 Å². The van der Waals surface area contributed by atoms with Crippen molar-refractivity contribution in [3.63, 3.8) is 0 Å². The number of halogens is 1. The number of hydrogen-bond donors (Lipinski definition) is 1. The Morgan fingerprint density at radius 2 is 2.20 bits per heavy atom. The minimum Gasteiger partial charge on any atom is -0.465 e. The molecule has 0 amide bonds. The Balaban J connectivity index is 2.22. The molecule has 0 fully saturated rings. The van der Waals surface area contributed by atoms with Crippen molar-refractivity contribution in [2.45, 2.75) is 20.4 Å². The van der Waals surface area contributed by atoms with Gasteiger partial charge in [-0.25, -0.2) is 9.78 Å². The summed E-state index contributed by atoms with van der Waals surface area (Å²) in [5.74, 6) is -0.388. The third-order valence-electron chi connectivity index (χ3n) is 2.83. The van der Waals surface area contributed by atoms with Crippen LogP contribution in [0.15, 0.2) is 18.2 Å². The molecular formula is C14H15ClN2O2S. The van der Waals surface area contributed by atoms with Gasteiger partial charge in [0.2, 0.25) is 0 Å². The van der Waals surface area contributed by atoms with Gasteiger partial charge < -0.3 is 10.1 Å². The number of anilines is 1. The number of nitrogens with one attached hydrogen (secondary N) is 1. The van der Waals surface area contributed by atoms with Crippen molar-refractivity contribution in [1.29, 1.82) is 0 Å². The van der Waals surface area contributed by atoms with Crippen molar-refractivity contribution < 1.29 is 9.53 Å². The first-order valence-corrected chi connectivity index (χ1v) is 7.25. The molecule has 1 aromatic heterocycles. The van der Waals surface area contributed by atoms with Crippen LogP contribution in [-0.2, 0) is 11.3 Å². The number of aromatic nitrogens is 1. The second-order valence-corrected chi connectivity index (χ2v) is 6.00.